The van der Waals surface area contributed by atoms with Gasteiger partial charge in [0.15, 0.2) is 17.5 Å². The van der Waals surface area contributed by atoms with E-state index in [1.807, 2.05) is 48.5 Å². The minimum atomic E-state index is 0.601. The van der Waals surface area contributed by atoms with E-state index in [4.69, 9.17) is 19.4 Å². The van der Waals surface area contributed by atoms with Gasteiger partial charge in [-0.15, -0.1) is 0 Å². The first-order chi connectivity index (χ1) is 24.3. The molecular weight excluding hydrogens is 599 g/mol. The van der Waals surface area contributed by atoms with E-state index in [0.29, 0.717) is 17.5 Å². The van der Waals surface area contributed by atoms with Crippen LogP contribution < -0.4 is 0 Å². The van der Waals surface area contributed by atoms with Gasteiger partial charge in [0.1, 0.15) is 11.2 Å². The first-order valence-electron chi connectivity index (χ1n) is 16.5. The second kappa shape index (κ2) is 11.0. The molecule has 228 valence electrons. The van der Waals surface area contributed by atoms with Crippen LogP contribution >= 0.6 is 0 Å². The molecule has 10 rings (SSSR count). The highest BCUT2D eigenvalue weighted by Crippen LogP contribution is 2.43. The Bertz CT molecular complexity index is 2880. The summed E-state index contributed by atoms with van der Waals surface area (Å²) in [5, 5.41) is 9.10. The number of furan rings is 1. The van der Waals surface area contributed by atoms with Crippen LogP contribution in [0.15, 0.2) is 168 Å². The fourth-order valence-corrected chi connectivity index (χ4v) is 7.30. The lowest BCUT2D eigenvalue weighted by atomic mass is 9.88. The van der Waals surface area contributed by atoms with Crippen molar-refractivity contribution in [3.05, 3.63) is 164 Å². The molecule has 0 atom stereocenters. The molecule has 0 aliphatic carbocycles. The molecule has 49 heavy (non-hydrogen) atoms. The minimum absolute atomic E-state index is 0.601. The molecule has 4 nitrogen and oxygen atoms in total. The molecule has 0 N–H and O–H groups in total. The second-order valence-corrected chi connectivity index (χ2v) is 12.4. The van der Waals surface area contributed by atoms with Crippen LogP contribution in [0.25, 0.3) is 99.5 Å². The molecule has 0 spiro atoms. The largest absolute Gasteiger partial charge is 0.456 e. The zero-order valence-electron chi connectivity index (χ0n) is 26.3. The third-order valence-electron chi connectivity index (χ3n) is 9.50. The monoisotopic (exact) mass is 625 g/mol. The van der Waals surface area contributed by atoms with Gasteiger partial charge in [0.2, 0.25) is 0 Å². The summed E-state index contributed by atoms with van der Waals surface area (Å²) in [5.41, 5.74) is 6.67. The van der Waals surface area contributed by atoms with Gasteiger partial charge < -0.3 is 4.42 Å². The summed E-state index contributed by atoms with van der Waals surface area (Å²) in [6.45, 7) is 0. The highest BCUT2D eigenvalue weighted by atomic mass is 16.3. The Kier molecular flexibility index (Phi) is 6.15. The van der Waals surface area contributed by atoms with Crippen molar-refractivity contribution in [3.8, 4) is 45.3 Å². The molecule has 0 aliphatic rings. The van der Waals surface area contributed by atoms with Crippen molar-refractivity contribution in [2.75, 3.05) is 0 Å². The van der Waals surface area contributed by atoms with Gasteiger partial charge in [0, 0.05) is 32.8 Å². The smallest absolute Gasteiger partial charge is 0.164 e. The van der Waals surface area contributed by atoms with E-state index in [2.05, 4.69) is 115 Å². The summed E-state index contributed by atoms with van der Waals surface area (Å²) in [6.07, 6.45) is 0. The molecule has 4 heteroatoms. The quantitative estimate of drug-likeness (QED) is 0.183. The lowest BCUT2D eigenvalue weighted by molar-refractivity contribution is 0.669. The summed E-state index contributed by atoms with van der Waals surface area (Å²) in [5.74, 6) is 1.84. The fraction of sp³-hybridized carbons (Fsp3) is 0. The van der Waals surface area contributed by atoms with Crippen LogP contribution in [-0.2, 0) is 0 Å². The number of aromatic nitrogens is 3. The van der Waals surface area contributed by atoms with E-state index in [1.54, 1.807) is 0 Å². The number of hydrogen-bond donors (Lipinski definition) is 0. The van der Waals surface area contributed by atoms with Crippen molar-refractivity contribution >= 4 is 54.3 Å². The lowest BCUT2D eigenvalue weighted by Gasteiger charge is -2.17. The van der Waals surface area contributed by atoms with Gasteiger partial charge in [-0.1, -0.05) is 140 Å². The maximum absolute atomic E-state index is 6.28. The molecule has 2 heterocycles. The summed E-state index contributed by atoms with van der Waals surface area (Å²) in [6, 6.07) is 56.9. The molecule has 0 aliphatic heterocycles. The summed E-state index contributed by atoms with van der Waals surface area (Å²) < 4.78 is 6.28. The first kappa shape index (κ1) is 27.5. The zero-order valence-corrected chi connectivity index (χ0v) is 26.3. The van der Waals surface area contributed by atoms with E-state index in [-0.39, 0.29) is 0 Å². The van der Waals surface area contributed by atoms with E-state index in [1.165, 1.54) is 16.2 Å². The average Bonchev–Trinajstić information content (AvgIpc) is 3.57. The Morgan fingerprint density at radius 1 is 0.306 bits per heavy atom. The zero-order chi connectivity index (χ0) is 32.3. The number of rotatable bonds is 4. The molecule has 10 aromatic rings. The Morgan fingerprint density at radius 3 is 1.57 bits per heavy atom. The van der Waals surface area contributed by atoms with Gasteiger partial charge in [-0.05, 0) is 62.3 Å². The first-order valence-corrected chi connectivity index (χ1v) is 16.5. The van der Waals surface area contributed by atoms with Crippen molar-refractivity contribution < 1.29 is 4.42 Å². The maximum atomic E-state index is 6.28. The number of benzene rings is 8. The van der Waals surface area contributed by atoms with Crippen molar-refractivity contribution in [2.45, 2.75) is 0 Å². The number of fused-ring (bicyclic) bond motifs is 9. The molecule has 0 fully saturated rings. The minimum Gasteiger partial charge on any atom is -0.456 e. The number of nitrogens with zero attached hydrogens (tertiary/aromatic N) is 3. The maximum Gasteiger partial charge on any atom is 0.164 e. The molecule has 8 aromatic carbocycles. The number of hydrogen-bond acceptors (Lipinski definition) is 4. The predicted molar refractivity (Wildman–Crippen MR) is 201 cm³/mol. The SMILES string of the molecule is c1ccc(-c2cc(-c3nc(-c4ccccc4)nc(-c4cccc5oc6ccccc6c45)n3)c3c4ccccc4c4ccccc4c3c2)cc1. The standard InChI is InChI=1S/C45H27N3O/c1-3-14-28(15-4-1)30-26-37-33-20-8-7-18-31(33)32-19-9-10-21-34(32)41(37)38(27-30)45-47-43(29-16-5-2-6-17-29)46-44(48-45)36-23-13-25-40-42(36)35-22-11-12-24-39(35)49-40/h1-27H. The Balaban J connectivity index is 1.36. The normalized spacial score (nSPS) is 11.7. The van der Waals surface area contributed by atoms with Crippen molar-refractivity contribution in [1.29, 1.82) is 0 Å². The van der Waals surface area contributed by atoms with Crippen LogP contribution in [0.1, 0.15) is 0 Å². The molecule has 0 saturated carbocycles. The van der Waals surface area contributed by atoms with Crippen LogP contribution in [0, 0.1) is 0 Å². The highest BCUT2D eigenvalue weighted by Gasteiger charge is 2.21. The average molecular weight is 626 g/mol. The molecule has 0 bridgehead atoms. The Labute approximate surface area is 282 Å². The van der Waals surface area contributed by atoms with Crippen molar-refractivity contribution in [3.63, 3.8) is 0 Å². The second-order valence-electron chi connectivity index (χ2n) is 12.4. The summed E-state index contributed by atoms with van der Waals surface area (Å²) >= 11 is 0. The van der Waals surface area contributed by atoms with Crippen molar-refractivity contribution in [1.82, 2.24) is 15.0 Å². The summed E-state index contributed by atoms with van der Waals surface area (Å²) in [7, 11) is 0. The molecule has 0 unspecified atom stereocenters. The fourth-order valence-electron chi connectivity index (χ4n) is 7.30. The lowest BCUT2D eigenvalue weighted by Crippen LogP contribution is -2.01. The van der Waals surface area contributed by atoms with Crippen molar-refractivity contribution in [2.24, 2.45) is 0 Å². The third kappa shape index (κ3) is 4.42. The molecular formula is C45H27N3O. The van der Waals surface area contributed by atoms with Gasteiger partial charge in [-0.25, -0.2) is 15.0 Å². The third-order valence-corrected chi connectivity index (χ3v) is 9.50. The highest BCUT2D eigenvalue weighted by molar-refractivity contribution is 6.29. The van der Waals surface area contributed by atoms with E-state index >= 15 is 0 Å². The van der Waals surface area contributed by atoms with Crippen LogP contribution in [0.2, 0.25) is 0 Å². The number of para-hydroxylation sites is 1. The van der Waals surface area contributed by atoms with E-state index < -0.39 is 0 Å². The van der Waals surface area contributed by atoms with E-state index in [0.717, 1.165) is 65.9 Å². The van der Waals surface area contributed by atoms with Crippen LogP contribution in [0.3, 0.4) is 0 Å². The molecule has 0 amide bonds. The van der Waals surface area contributed by atoms with Crippen LogP contribution in [0.5, 0.6) is 0 Å². The van der Waals surface area contributed by atoms with E-state index in [9.17, 15) is 0 Å². The molecule has 2 aromatic heterocycles. The Morgan fingerprint density at radius 2 is 0.837 bits per heavy atom. The van der Waals surface area contributed by atoms with Gasteiger partial charge >= 0.3 is 0 Å². The van der Waals surface area contributed by atoms with Crippen LogP contribution in [0.4, 0.5) is 0 Å². The van der Waals surface area contributed by atoms with Crippen LogP contribution in [-0.4, -0.2) is 15.0 Å². The summed E-state index contributed by atoms with van der Waals surface area (Å²) in [4.78, 5) is 15.7. The van der Waals surface area contributed by atoms with Gasteiger partial charge in [0.25, 0.3) is 0 Å². The Hall–Kier alpha value is -6.65. The van der Waals surface area contributed by atoms with Gasteiger partial charge in [0.05, 0.1) is 0 Å². The molecule has 0 saturated heterocycles. The molecule has 0 radical (unpaired) electrons. The van der Waals surface area contributed by atoms with Gasteiger partial charge in [-0.3, -0.25) is 0 Å². The topological polar surface area (TPSA) is 51.8 Å². The predicted octanol–water partition coefficient (Wildman–Crippen LogP) is 11.9. The van der Waals surface area contributed by atoms with Gasteiger partial charge in [-0.2, -0.15) is 0 Å².